The minimum Gasteiger partial charge on any atom is -0.334 e. The largest absolute Gasteiger partial charge is 0.334 e. The number of hydrogen-bond acceptors (Lipinski definition) is 2. The van der Waals surface area contributed by atoms with Gasteiger partial charge in [0.15, 0.2) is 0 Å². The van der Waals surface area contributed by atoms with Gasteiger partial charge in [-0.25, -0.2) is 9.18 Å². The van der Waals surface area contributed by atoms with Gasteiger partial charge in [-0.05, 0) is 30.5 Å². The predicted molar refractivity (Wildman–Crippen MR) is 72.8 cm³/mol. The van der Waals surface area contributed by atoms with E-state index in [1.165, 1.54) is 25.0 Å². The lowest BCUT2D eigenvalue weighted by Crippen LogP contribution is -2.28. The standard InChI is InChI=1S/C14H15FN4O/c15-11-5-1-9(2-6-11)8-16-14(20)17-13-7-12(18-19-13)10-3-4-10/h1-2,5-7,10H,3-4,8H2,(H3,16,17,18,19,20). The normalized spacial score (nSPS) is 14.1. The Labute approximate surface area is 115 Å². The molecule has 3 N–H and O–H groups in total. The van der Waals surface area contributed by atoms with Gasteiger partial charge in [0.2, 0.25) is 0 Å². The molecule has 104 valence electrons. The number of nitrogens with one attached hydrogen (secondary N) is 3. The fourth-order valence-electron chi connectivity index (χ4n) is 1.94. The Kier molecular flexibility index (Phi) is 3.37. The predicted octanol–water partition coefficient (Wildman–Crippen LogP) is 2.75. The number of amides is 2. The Hall–Kier alpha value is -2.37. The number of halogens is 1. The second-order valence-electron chi connectivity index (χ2n) is 4.91. The Morgan fingerprint density at radius 3 is 2.80 bits per heavy atom. The molecule has 0 unspecified atom stereocenters. The molecule has 1 heterocycles. The summed E-state index contributed by atoms with van der Waals surface area (Å²) in [5.41, 5.74) is 1.84. The van der Waals surface area contributed by atoms with Crippen LogP contribution < -0.4 is 10.6 Å². The molecule has 1 aliphatic rings. The topological polar surface area (TPSA) is 69.8 Å². The molecule has 2 aromatic rings. The lowest BCUT2D eigenvalue weighted by atomic mass is 10.2. The molecule has 0 saturated heterocycles. The summed E-state index contributed by atoms with van der Waals surface area (Å²) in [7, 11) is 0. The van der Waals surface area contributed by atoms with Crippen molar-refractivity contribution >= 4 is 11.8 Å². The summed E-state index contributed by atoms with van der Waals surface area (Å²) in [5.74, 6) is 0.843. The fourth-order valence-corrected chi connectivity index (χ4v) is 1.94. The van der Waals surface area contributed by atoms with Gasteiger partial charge in [-0.1, -0.05) is 12.1 Å². The molecule has 1 fully saturated rings. The summed E-state index contributed by atoms with van der Waals surface area (Å²) in [4.78, 5) is 11.7. The van der Waals surface area contributed by atoms with Gasteiger partial charge in [0, 0.05) is 18.5 Å². The number of hydrogen-bond donors (Lipinski definition) is 3. The molecule has 6 heteroatoms. The first-order chi connectivity index (χ1) is 9.70. The van der Waals surface area contributed by atoms with E-state index in [1.54, 1.807) is 12.1 Å². The molecule has 2 amide bonds. The van der Waals surface area contributed by atoms with Crippen LogP contribution in [0.5, 0.6) is 0 Å². The van der Waals surface area contributed by atoms with Gasteiger partial charge in [0.05, 0.1) is 5.69 Å². The van der Waals surface area contributed by atoms with E-state index in [2.05, 4.69) is 20.8 Å². The lowest BCUT2D eigenvalue weighted by molar-refractivity contribution is 0.251. The van der Waals surface area contributed by atoms with Gasteiger partial charge in [0.1, 0.15) is 11.6 Å². The van der Waals surface area contributed by atoms with Crippen molar-refractivity contribution in [2.45, 2.75) is 25.3 Å². The monoisotopic (exact) mass is 274 g/mol. The van der Waals surface area contributed by atoms with Gasteiger partial charge < -0.3 is 5.32 Å². The van der Waals surface area contributed by atoms with Crippen LogP contribution in [0, 0.1) is 5.82 Å². The maximum absolute atomic E-state index is 12.7. The lowest BCUT2D eigenvalue weighted by Gasteiger charge is -2.05. The summed E-state index contributed by atoms with van der Waals surface area (Å²) >= 11 is 0. The zero-order valence-corrected chi connectivity index (χ0v) is 10.8. The third kappa shape index (κ3) is 3.14. The Balaban J connectivity index is 1.49. The molecule has 20 heavy (non-hydrogen) atoms. The summed E-state index contributed by atoms with van der Waals surface area (Å²) in [6.07, 6.45) is 2.34. The number of carbonyl (C=O) groups is 1. The molecule has 0 spiro atoms. The molecule has 1 aliphatic carbocycles. The summed E-state index contributed by atoms with van der Waals surface area (Å²) in [5, 5.41) is 12.3. The zero-order chi connectivity index (χ0) is 13.9. The van der Waals surface area contributed by atoms with Crippen LogP contribution in [0.2, 0.25) is 0 Å². The van der Waals surface area contributed by atoms with Crippen molar-refractivity contribution in [2.24, 2.45) is 0 Å². The first-order valence-corrected chi connectivity index (χ1v) is 6.55. The Morgan fingerprint density at radius 1 is 1.35 bits per heavy atom. The van der Waals surface area contributed by atoms with Crippen molar-refractivity contribution < 1.29 is 9.18 Å². The van der Waals surface area contributed by atoms with E-state index in [4.69, 9.17) is 0 Å². The summed E-state index contributed by atoms with van der Waals surface area (Å²) < 4.78 is 12.7. The van der Waals surface area contributed by atoms with Gasteiger partial charge >= 0.3 is 6.03 Å². The smallest absolute Gasteiger partial charge is 0.320 e. The highest BCUT2D eigenvalue weighted by Crippen LogP contribution is 2.39. The Bertz CT molecular complexity index is 604. The van der Waals surface area contributed by atoms with Gasteiger partial charge in [-0.2, -0.15) is 5.10 Å². The van der Waals surface area contributed by atoms with Crippen molar-refractivity contribution in [1.82, 2.24) is 15.5 Å². The number of nitrogens with zero attached hydrogens (tertiary/aromatic N) is 1. The number of urea groups is 1. The molecule has 1 saturated carbocycles. The van der Waals surface area contributed by atoms with E-state index in [1.807, 2.05) is 6.07 Å². The van der Waals surface area contributed by atoms with Crippen molar-refractivity contribution in [3.63, 3.8) is 0 Å². The quantitative estimate of drug-likeness (QED) is 0.802. The molecule has 0 atom stereocenters. The van der Waals surface area contributed by atoms with E-state index in [9.17, 15) is 9.18 Å². The molecule has 0 bridgehead atoms. The van der Waals surface area contributed by atoms with E-state index in [0.717, 1.165) is 11.3 Å². The van der Waals surface area contributed by atoms with Crippen LogP contribution in [0.3, 0.4) is 0 Å². The summed E-state index contributed by atoms with van der Waals surface area (Å²) in [6.45, 7) is 0.343. The van der Waals surface area contributed by atoms with E-state index in [0.29, 0.717) is 18.3 Å². The van der Waals surface area contributed by atoms with Crippen LogP contribution in [0.4, 0.5) is 15.0 Å². The minimum atomic E-state index is -0.319. The van der Waals surface area contributed by atoms with Crippen LogP contribution in [0.1, 0.15) is 30.0 Å². The minimum absolute atomic E-state index is 0.289. The number of anilines is 1. The zero-order valence-electron chi connectivity index (χ0n) is 10.8. The van der Waals surface area contributed by atoms with Crippen molar-refractivity contribution in [3.8, 4) is 0 Å². The SMILES string of the molecule is O=C(NCc1ccc(F)cc1)Nc1cc(C2CC2)n[nH]1. The highest BCUT2D eigenvalue weighted by atomic mass is 19.1. The Morgan fingerprint density at radius 2 is 2.10 bits per heavy atom. The second kappa shape index (κ2) is 5.32. The van der Waals surface area contributed by atoms with E-state index < -0.39 is 0 Å². The van der Waals surface area contributed by atoms with Crippen LogP contribution in [-0.2, 0) is 6.54 Å². The highest BCUT2D eigenvalue weighted by molar-refractivity contribution is 5.88. The van der Waals surface area contributed by atoms with Gasteiger partial charge in [0.25, 0.3) is 0 Å². The molecule has 1 aromatic heterocycles. The van der Waals surface area contributed by atoms with Crippen LogP contribution in [0.15, 0.2) is 30.3 Å². The van der Waals surface area contributed by atoms with Crippen molar-refractivity contribution in [2.75, 3.05) is 5.32 Å². The molecular weight excluding hydrogens is 259 g/mol. The van der Waals surface area contributed by atoms with Crippen LogP contribution >= 0.6 is 0 Å². The van der Waals surface area contributed by atoms with E-state index in [-0.39, 0.29) is 11.8 Å². The van der Waals surface area contributed by atoms with Crippen molar-refractivity contribution in [3.05, 3.63) is 47.4 Å². The fraction of sp³-hybridized carbons (Fsp3) is 0.286. The first kappa shape index (κ1) is 12.7. The number of aromatic nitrogens is 2. The third-order valence-corrected chi connectivity index (χ3v) is 3.21. The average molecular weight is 274 g/mol. The number of rotatable bonds is 4. The number of aromatic amines is 1. The molecule has 5 nitrogen and oxygen atoms in total. The first-order valence-electron chi connectivity index (χ1n) is 6.55. The maximum atomic E-state index is 12.7. The van der Waals surface area contributed by atoms with Gasteiger partial charge in [-0.3, -0.25) is 10.4 Å². The van der Waals surface area contributed by atoms with Crippen LogP contribution in [0.25, 0.3) is 0 Å². The molecule has 3 rings (SSSR count). The molecular formula is C14H15FN4O. The number of carbonyl (C=O) groups excluding carboxylic acids is 1. The number of benzene rings is 1. The third-order valence-electron chi connectivity index (χ3n) is 3.21. The number of H-pyrrole nitrogens is 1. The molecule has 1 aromatic carbocycles. The second-order valence-corrected chi connectivity index (χ2v) is 4.91. The molecule has 0 aliphatic heterocycles. The van der Waals surface area contributed by atoms with Crippen molar-refractivity contribution in [1.29, 1.82) is 0 Å². The van der Waals surface area contributed by atoms with Crippen LogP contribution in [-0.4, -0.2) is 16.2 Å². The highest BCUT2D eigenvalue weighted by Gasteiger charge is 2.26. The summed E-state index contributed by atoms with van der Waals surface area (Å²) in [6, 6.07) is 7.54. The van der Waals surface area contributed by atoms with Gasteiger partial charge in [-0.15, -0.1) is 0 Å². The molecule has 0 radical (unpaired) electrons. The van der Waals surface area contributed by atoms with E-state index >= 15 is 0 Å². The average Bonchev–Trinajstić information content (AvgIpc) is 3.19. The maximum Gasteiger partial charge on any atom is 0.320 e.